The molecule has 2 aromatic rings. The standard InChI is InChI=1S/C13H17BrN2O2S/c1-15-19(17,18)9-10-4-5-13-12(7-10)11(8-16-13)3-2-6-14/h4-5,7-8,15-16H,2-3,6,9H2,1H3. The molecule has 1 aromatic carbocycles. The van der Waals surface area contributed by atoms with Gasteiger partial charge >= 0.3 is 0 Å². The van der Waals surface area contributed by atoms with Gasteiger partial charge in [-0.15, -0.1) is 0 Å². The van der Waals surface area contributed by atoms with Crippen molar-refractivity contribution in [3.63, 3.8) is 0 Å². The highest BCUT2D eigenvalue weighted by molar-refractivity contribution is 9.09. The molecule has 0 spiro atoms. The summed E-state index contributed by atoms with van der Waals surface area (Å²) >= 11 is 3.42. The Bertz CT molecular complexity index is 664. The van der Waals surface area contributed by atoms with Crippen molar-refractivity contribution >= 4 is 36.9 Å². The molecule has 0 atom stereocenters. The van der Waals surface area contributed by atoms with Gasteiger partial charge in [0.2, 0.25) is 10.0 Å². The van der Waals surface area contributed by atoms with Gasteiger partial charge in [0.25, 0.3) is 0 Å². The van der Waals surface area contributed by atoms with Crippen LogP contribution in [0.5, 0.6) is 0 Å². The van der Waals surface area contributed by atoms with E-state index in [4.69, 9.17) is 0 Å². The Morgan fingerprint density at radius 1 is 1.37 bits per heavy atom. The molecule has 0 fully saturated rings. The molecule has 2 rings (SSSR count). The third kappa shape index (κ3) is 3.58. The largest absolute Gasteiger partial charge is 0.361 e. The van der Waals surface area contributed by atoms with Crippen LogP contribution in [0.15, 0.2) is 24.4 Å². The summed E-state index contributed by atoms with van der Waals surface area (Å²) in [6, 6.07) is 5.75. The normalized spacial score (nSPS) is 12.1. The summed E-state index contributed by atoms with van der Waals surface area (Å²) < 4.78 is 25.5. The van der Waals surface area contributed by atoms with Crippen LogP contribution >= 0.6 is 15.9 Å². The van der Waals surface area contributed by atoms with Gasteiger partial charge in [-0.05, 0) is 43.1 Å². The quantitative estimate of drug-likeness (QED) is 0.791. The predicted molar refractivity (Wildman–Crippen MR) is 82.1 cm³/mol. The number of hydrogen-bond acceptors (Lipinski definition) is 2. The number of H-pyrrole nitrogens is 1. The first-order valence-electron chi connectivity index (χ1n) is 6.12. The van der Waals surface area contributed by atoms with E-state index in [1.54, 1.807) is 0 Å². The molecule has 0 aliphatic heterocycles. The van der Waals surface area contributed by atoms with Crippen molar-refractivity contribution in [3.05, 3.63) is 35.5 Å². The number of aromatic amines is 1. The summed E-state index contributed by atoms with van der Waals surface area (Å²) in [6.45, 7) is 0. The van der Waals surface area contributed by atoms with Crippen molar-refractivity contribution in [3.8, 4) is 0 Å². The molecule has 1 heterocycles. The SMILES string of the molecule is CNS(=O)(=O)Cc1ccc2[nH]cc(CCCBr)c2c1. The average Bonchev–Trinajstić information content (AvgIpc) is 2.78. The highest BCUT2D eigenvalue weighted by atomic mass is 79.9. The Labute approximate surface area is 121 Å². The van der Waals surface area contributed by atoms with Crippen LogP contribution in [0.3, 0.4) is 0 Å². The van der Waals surface area contributed by atoms with Gasteiger partial charge in [0.1, 0.15) is 0 Å². The van der Waals surface area contributed by atoms with Gasteiger partial charge in [-0.3, -0.25) is 0 Å². The van der Waals surface area contributed by atoms with Gasteiger partial charge in [-0.2, -0.15) is 0 Å². The number of halogens is 1. The molecule has 4 nitrogen and oxygen atoms in total. The fraction of sp³-hybridized carbons (Fsp3) is 0.385. The third-order valence-electron chi connectivity index (χ3n) is 3.08. The van der Waals surface area contributed by atoms with Crippen LogP contribution in [0.25, 0.3) is 10.9 Å². The second kappa shape index (κ2) is 6.07. The molecule has 0 aliphatic rings. The van der Waals surface area contributed by atoms with E-state index in [9.17, 15) is 8.42 Å². The van der Waals surface area contributed by atoms with E-state index >= 15 is 0 Å². The molecule has 1 aromatic heterocycles. The lowest BCUT2D eigenvalue weighted by Gasteiger charge is -2.04. The first-order valence-corrected chi connectivity index (χ1v) is 8.89. The average molecular weight is 345 g/mol. The number of aryl methyl sites for hydroxylation is 1. The maximum atomic E-state index is 11.6. The maximum absolute atomic E-state index is 11.6. The molecule has 0 amide bonds. The fourth-order valence-electron chi connectivity index (χ4n) is 2.07. The molecular weight excluding hydrogens is 328 g/mol. The minimum absolute atomic E-state index is 0.0164. The van der Waals surface area contributed by atoms with Gasteiger partial charge in [0, 0.05) is 22.4 Å². The summed E-state index contributed by atoms with van der Waals surface area (Å²) in [7, 11) is -1.79. The predicted octanol–water partition coefficient (Wildman–Crippen LogP) is 2.54. The maximum Gasteiger partial charge on any atom is 0.215 e. The summed E-state index contributed by atoms with van der Waals surface area (Å²) in [5.74, 6) is 0.0164. The van der Waals surface area contributed by atoms with Crippen molar-refractivity contribution in [2.24, 2.45) is 0 Å². The van der Waals surface area contributed by atoms with Crippen molar-refractivity contribution < 1.29 is 8.42 Å². The molecule has 2 N–H and O–H groups in total. The number of fused-ring (bicyclic) bond motifs is 1. The van der Waals surface area contributed by atoms with Crippen LogP contribution in [-0.2, 0) is 22.2 Å². The number of aromatic nitrogens is 1. The zero-order chi connectivity index (χ0) is 13.9. The van der Waals surface area contributed by atoms with Gasteiger partial charge in [0.05, 0.1) is 5.75 Å². The zero-order valence-corrected chi connectivity index (χ0v) is 13.1. The van der Waals surface area contributed by atoms with E-state index in [2.05, 4.69) is 25.6 Å². The van der Waals surface area contributed by atoms with Gasteiger partial charge in [-0.25, -0.2) is 13.1 Å². The van der Waals surface area contributed by atoms with Crippen LogP contribution in [0.4, 0.5) is 0 Å². The molecule has 19 heavy (non-hydrogen) atoms. The minimum Gasteiger partial charge on any atom is -0.361 e. The van der Waals surface area contributed by atoms with E-state index in [0.29, 0.717) is 0 Å². The lowest BCUT2D eigenvalue weighted by molar-refractivity contribution is 0.587. The monoisotopic (exact) mass is 344 g/mol. The summed E-state index contributed by atoms with van der Waals surface area (Å²) in [4.78, 5) is 3.22. The highest BCUT2D eigenvalue weighted by Gasteiger charge is 2.10. The Hall–Kier alpha value is -0.850. The van der Waals surface area contributed by atoms with E-state index in [1.165, 1.54) is 12.6 Å². The van der Waals surface area contributed by atoms with Gasteiger partial charge < -0.3 is 4.98 Å². The second-order valence-electron chi connectivity index (χ2n) is 4.45. The molecule has 6 heteroatoms. The highest BCUT2D eigenvalue weighted by Crippen LogP contribution is 2.22. The molecule has 0 unspecified atom stereocenters. The first kappa shape index (κ1) is 14.6. The molecule has 0 saturated heterocycles. The first-order chi connectivity index (χ1) is 9.05. The van der Waals surface area contributed by atoms with Crippen LogP contribution in [0, 0.1) is 0 Å². The Kier molecular flexibility index (Phi) is 4.65. The van der Waals surface area contributed by atoms with E-state index in [1.807, 2.05) is 24.4 Å². The van der Waals surface area contributed by atoms with E-state index in [-0.39, 0.29) is 5.75 Å². The minimum atomic E-state index is -3.22. The zero-order valence-electron chi connectivity index (χ0n) is 10.7. The lowest BCUT2D eigenvalue weighted by Crippen LogP contribution is -2.20. The fourth-order valence-corrected chi connectivity index (χ4v) is 3.11. The Morgan fingerprint density at radius 3 is 2.84 bits per heavy atom. The van der Waals surface area contributed by atoms with Gasteiger partial charge in [-0.1, -0.05) is 22.0 Å². The van der Waals surface area contributed by atoms with Crippen molar-refractivity contribution in [1.29, 1.82) is 0 Å². The second-order valence-corrected chi connectivity index (χ2v) is 7.17. The van der Waals surface area contributed by atoms with E-state index < -0.39 is 10.0 Å². The summed E-state index contributed by atoms with van der Waals surface area (Å²) in [5.41, 5.74) is 3.09. The molecule has 0 aliphatic carbocycles. The summed E-state index contributed by atoms with van der Waals surface area (Å²) in [5, 5.41) is 2.08. The number of benzene rings is 1. The van der Waals surface area contributed by atoms with E-state index in [0.717, 1.165) is 34.6 Å². The number of alkyl halides is 1. The molecule has 0 saturated carbocycles. The van der Waals surface area contributed by atoms with Crippen LogP contribution in [-0.4, -0.2) is 25.8 Å². The Balaban J connectivity index is 2.33. The van der Waals surface area contributed by atoms with Crippen LogP contribution in [0.2, 0.25) is 0 Å². The Morgan fingerprint density at radius 2 is 2.16 bits per heavy atom. The molecular formula is C13H17BrN2O2S. The smallest absolute Gasteiger partial charge is 0.215 e. The van der Waals surface area contributed by atoms with Crippen LogP contribution < -0.4 is 4.72 Å². The summed E-state index contributed by atoms with van der Waals surface area (Å²) in [6.07, 6.45) is 4.04. The number of hydrogen-bond donors (Lipinski definition) is 2. The van der Waals surface area contributed by atoms with Crippen molar-refractivity contribution in [1.82, 2.24) is 9.71 Å². The van der Waals surface area contributed by atoms with Gasteiger partial charge in [0.15, 0.2) is 0 Å². The van der Waals surface area contributed by atoms with Crippen molar-refractivity contribution in [2.45, 2.75) is 18.6 Å². The lowest BCUT2D eigenvalue weighted by atomic mass is 10.1. The van der Waals surface area contributed by atoms with Crippen LogP contribution in [0.1, 0.15) is 17.5 Å². The number of nitrogens with one attached hydrogen (secondary N) is 2. The molecule has 104 valence electrons. The molecule has 0 bridgehead atoms. The topological polar surface area (TPSA) is 62.0 Å². The number of rotatable bonds is 6. The van der Waals surface area contributed by atoms with Crippen molar-refractivity contribution in [2.75, 3.05) is 12.4 Å². The molecule has 0 radical (unpaired) electrons. The third-order valence-corrected chi connectivity index (χ3v) is 4.98. The number of sulfonamides is 1.